The third kappa shape index (κ3) is 2.73. The molecule has 0 aliphatic heterocycles. The fourth-order valence-corrected chi connectivity index (χ4v) is 2.18. The molecule has 0 aliphatic carbocycles. The number of aryl methyl sites for hydroxylation is 2. The van der Waals surface area contributed by atoms with E-state index in [-0.39, 0.29) is 17.1 Å². The summed E-state index contributed by atoms with van der Waals surface area (Å²) < 4.78 is 1.78. The number of nitro benzene ring substituents is 1. The Morgan fingerprint density at radius 1 is 1.22 bits per heavy atom. The van der Waals surface area contributed by atoms with E-state index in [1.807, 2.05) is 25.3 Å². The Labute approximate surface area is 130 Å². The van der Waals surface area contributed by atoms with Crippen molar-refractivity contribution >= 4 is 22.8 Å². The molecule has 1 aromatic carbocycles. The van der Waals surface area contributed by atoms with Gasteiger partial charge in [0.2, 0.25) is 0 Å². The van der Waals surface area contributed by atoms with Gasteiger partial charge >= 0.3 is 0 Å². The quantitative estimate of drug-likeness (QED) is 0.448. The maximum absolute atomic E-state index is 10.8. The molecule has 2 aromatic heterocycles. The first kappa shape index (κ1) is 14.6. The van der Waals surface area contributed by atoms with Crippen LogP contribution in [0.5, 0.6) is 5.75 Å². The average molecular weight is 311 g/mol. The molecule has 8 nitrogen and oxygen atoms in total. The van der Waals surface area contributed by atoms with E-state index in [0.717, 1.165) is 11.2 Å². The predicted octanol–water partition coefficient (Wildman–Crippen LogP) is 3.98. The average Bonchev–Trinajstić information content (AvgIpc) is 2.81. The van der Waals surface area contributed by atoms with Gasteiger partial charge in [0.15, 0.2) is 5.82 Å². The molecule has 23 heavy (non-hydrogen) atoms. The summed E-state index contributed by atoms with van der Waals surface area (Å²) in [6, 6.07) is 7.40. The van der Waals surface area contributed by atoms with Crippen LogP contribution in [-0.2, 0) is 0 Å². The second kappa shape index (κ2) is 5.48. The summed E-state index contributed by atoms with van der Waals surface area (Å²) in [7, 11) is 0. The molecule has 0 amide bonds. The second-order valence-electron chi connectivity index (χ2n) is 5.09. The van der Waals surface area contributed by atoms with Crippen LogP contribution in [0.1, 0.15) is 11.3 Å². The standard InChI is InChI=1S/C15H13N5O3/c1-9-3-6-14-16-10(2)15(19(14)8-9)18-17-12-7-11(20(22)23)4-5-13(12)21/h3-8,21H,1-2H3. The normalized spacial score (nSPS) is 11.4. The predicted molar refractivity (Wildman–Crippen MR) is 83.6 cm³/mol. The smallest absolute Gasteiger partial charge is 0.271 e. The number of aromatic hydroxyl groups is 1. The fraction of sp³-hybridized carbons (Fsp3) is 0.133. The molecule has 0 unspecified atom stereocenters. The largest absolute Gasteiger partial charge is 0.506 e. The number of aromatic nitrogens is 2. The van der Waals surface area contributed by atoms with Crippen molar-refractivity contribution < 1.29 is 10.0 Å². The zero-order valence-electron chi connectivity index (χ0n) is 12.5. The molecule has 0 fully saturated rings. The van der Waals surface area contributed by atoms with Gasteiger partial charge in [-0.05, 0) is 31.5 Å². The highest BCUT2D eigenvalue weighted by Crippen LogP contribution is 2.32. The minimum Gasteiger partial charge on any atom is -0.506 e. The number of nitrogens with zero attached hydrogens (tertiary/aromatic N) is 5. The Balaban J connectivity index is 2.07. The van der Waals surface area contributed by atoms with E-state index in [4.69, 9.17) is 0 Å². The van der Waals surface area contributed by atoms with Crippen LogP contribution in [0.15, 0.2) is 46.8 Å². The number of hydrogen-bond donors (Lipinski definition) is 1. The molecule has 0 bridgehead atoms. The molecule has 116 valence electrons. The summed E-state index contributed by atoms with van der Waals surface area (Å²) >= 11 is 0. The number of benzene rings is 1. The topological polar surface area (TPSA) is 105 Å². The van der Waals surface area contributed by atoms with Gasteiger partial charge in [-0.1, -0.05) is 6.07 Å². The van der Waals surface area contributed by atoms with E-state index in [1.165, 1.54) is 18.2 Å². The number of nitro groups is 1. The van der Waals surface area contributed by atoms with Crippen LogP contribution in [-0.4, -0.2) is 19.4 Å². The molecule has 0 saturated carbocycles. The monoisotopic (exact) mass is 311 g/mol. The number of pyridine rings is 1. The highest BCUT2D eigenvalue weighted by molar-refractivity contribution is 5.57. The molecule has 3 aromatic rings. The summed E-state index contributed by atoms with van der Waals surface area (Å²) in [5.41, 5.74) is 2.29. The van der Waals surface area contributed by atoms with Gasteiger partial charge in [-0.3, -0.25) is 14.5 Å². The number of azo groups is 1. The van der Waals surface area contributed by atoms with E-state index in [2.05, 4.69) is 15.2 Å². The van der Waals surface area contributed by atoms with Gasteiger partial charge in [-0.2, -0.15) is 0 Å². The maximum atomic E-state index is 10.8. The SMILES string of the molecule is Cc1ccc2nc(C)c(N=Nc3cc([N+](=O)[O-])ccc3O)n2c1. The van der Waals surface area contributed by atoms with Crippen LogP contribution in [0.2, 0.25) is 0 Å². The maximum Gasteiger partial charge on any atom is 0.271 e. The van der Waals surface area contributed by atoms with Crippen molar-refractivity contribution in [1.82, 2.24) is 9.38 Å². The van der Waals surface area contributed by atoms with Gasteiger partial charge in [0, 0.05) is 18.3 Å². The number of imidazole rings is 1. The van der Waals surface area contributed by atoms with Crippen LogP contribution < -0.4 is 0 Å². The highest BCUT2D eigenvalue weighted by Gasteiger charge is 2.11. The van der Waals surface area contributed by atoms with Crippen molar-refractivity contribution in [2.24, 2.45) is 10.2 Å². The van der Waals surface area contributed by atoms with E-state index in [1.54, 1.807) is 11.3 Å². The summed E-state index contributed by atoms with van der Waals surface area (Å²) in [6.45, 7) is 3.74. The number of fused-ring (bicyclic) bond motifs is 1. The molecule has 0 spiro atoms. The van der Waals surface area contributed by atoms with Crippen molar-refractivity contribution in [3.8, 4) is 5.75 Å². The molecular formula is C15H13N5O3. The van der Waals surface area contributed by atoms with Crippen LogP contribution in [0, 0.1) is 24.0 Å². The molecule has 0 atom stereocenters. The van der Waals surface area contributed by atoms with Gasteiger partial charge in [-0.15, -0.1) is 10.2 Å². The van der Waals surface area contributed by atoms with Gasteiger partial charge in [0.1, 0.15) is 17.1 Å². The Hall–Kier alpha value is -3.29. The van der Waals surface area contributed by atoms with Crippen LogP contribution in [0.4, 0.5) is 17.2 Å². The number of phenolic OH excluding ortho intramolecular Hbond substituents is 1. The lowest BCUT2D eigenvalue weighted by molar-refractivity contribution is -0.384. The van der Waals surface area contributed by atoms with Gasteiger partial charge in [0.25, 0.3) is 5.69 Å². The summed E-state index contributed by atoms with van der Waals surface area (Å²) in [4.78, 5) is 14.6. The van der Waals surface area contributed by atoms with Crippen molar-refractivity contribution in [1.29, 1.82) is 0 Å². The fourth-order valence-electron chi connectivity index (χ4n) is 2.18. The van der Waals surface area contributed by atoms with E-state index < -0.39 is 4.92 Å². The molecule has 1 N–H and O–H groups in total. The van der Waals surface area contributed by atoms with Crippen molar-refractivity contribution in [2.45, 2.75) is 13.8 Å². The molecule has 0 saturated heterocycles. The van der Waals surface area contributed by atoms with E-state index >= 15 is 0 Å². The Bertz CT molecular complexity index is 946. The summed E-state index contributed by atoms with van der Waals surface area (Å²) in [5.74, 6) is 0.330. The first-order valence-electron chi connectivity index (χ1n) is 6.80. The number of rotatable bonds is 3. The molecular weight excluding hydrogens is 298 g/mol. The highest BCUT2D eigenvalue weighted by atomic mass is 16.6. The lowest BCUT2D eigenvalue weighted by atomic mass is 10.2. The molecule has 0 aliphatic rings. The van der Waals surface area contributed by atoms with Crippen LogP contribution in [0.25, 0.3) is 5.65 Å². The van der Waals surface area contributed by atoms with Crippen molar-refractivity contribution in [3.63, 3.8) is 0 Å². The number of phenols is 1. The van der Waals surface area contributed by atoms with Gasteiger partial charge < -0.3 is 5.11 Å². The molecule has 0 radical (unpaired) electrons. The number of non-ortho nitro benzene ring substituents is 1. The van der Waals surface area contributed by atoms with E-state index in [0.29, 0.717) is 11.5 Å². The molecule has 2 heterocycles. The van der Waals surface area contributed by atoms with Gasteiger partial charge in [-0.25, -0.2) is 4.98 Å². The Morgan fingerprint density at radius 3 is 2.74 bits per heavy atom. The summed E-state index contributed by atoms with van der Waals surface area (Å²) in [5, 5.41) is 28.6. The molecule has 8 heteroatoms. The minimum atomic E-state index is -0.554. The lowest BCUT2D eigenvalue weighted by Gasteiger charge is -1.99. The Morgan fingerprint density at radius 2 is 2.00 bits per heavy atom. The zero-order chi connectivity index (χ0) is 16.6. The molecule has 3 rings (SSSR count). The first-order valence-corrected chi connectivity index (χ1v) is 6.80. The van der Waals surface area contributed by atoms with Crippen LogP contribution >= 0.6 is 0 Å². The van der Waals surface area contributed by atoms with Crippen LogP contribution in [0.3, 0.4) is 0 Å². The third-order valence-corrected chi connectivity index (χ3v) is 3.33. The zero-order valence-corrected chi connectivity index (χ0v) is 12.5. The number of hydrogen-bond acceptors (Lipinski definition) is 6. The third-order valence-electron chi connectivity index (χ3n) is 3.33. The van der Waals surface area contributed by atoms with E-state index in [9.17, 15) is 15.2 Å². The van der Waals surface area contributed by atoms with Gasteiger partial charge in [0.05, 0.1) is 10.6 Å². The first-order chi connectivity index (χ1) is 11.0. The summed E-state index contributed by atoms with van der Waals surface area (Å²) in [6.07, 6.45) is 1.87. The van der Waals surface area contributed by atoms with Crippen molar-refractivity contribution in [3.05, 3.63) is 57.9 Å². The minimum absolute atomic E-state index is 0.0289. The van der Waals surface area contributed by atoms with Crippen molar-refractivity contribution in [2.75, 3.05) is 0 Å². The second-order valence-corrected chi connectivity index (χ2v) is 5.09. The lowest BCUT2D eigenvalue weighted by Crippen LogP contribution is -1.86. The Kier molecular flexibility index (Phi) is 3.49.